The lowest BCUT2D eigenvalue weighted by Gasteiger charge is -2.39. The number of H-pyrrole nitrogens is 1. The van der Waals surface area contributed by atoms with Crippen LogP contribution in [0.3, 0.4) is 0 Å². The van der Waals surface area contributed by atoms with E-state index < -0.39 is 0 Å². The lowest BCUT2D eigenvalue weighted by molar-refractivity contribution is 0.0602. The monoisotopic (exact) mass is 351 g/mol. The van der Waals surface area contributed by atoms with Gasteiger partial charge in [0.25, 0.3) is 5.91 Å². The smallest absolute Gasteiger partial charge is 0.326 e. The van der Waals surface area contributed by atoms with Gasteiger partial charge >= 0.3 is 5.69 Å². The number of carbonyl (C=O) groups excluding carboxylic acids is 1. The molecule has 5 rings (SSSR count). The number of aromatic nitrogens is 2. The van der Waals surface area contributed by atoms with E-state index in [0.29, 0.717) is 30.2 Å². The maximum atomic E-state index is 13.0. The molecule has 1 aromatic heterocycles. The van der Waals surface area contributed by atoms with Gasteiger partial charge in [-0.25, -0.2) is 9.18 Å². The van der Waals surface area contributed by atoms with Gasteiger partial charge in [-0.1, -0.05) is 12.1 Å². The minimum atomic E-state index is -0.249. The van der Waals surface area contributed by atoms with Crippen LogP contribution in [0, 0.1) is 5.82 Å². The van der Waals surface area contributed by atoms with Gasteiger partial charge in [-0.05, 0) is 48.7 Å². The molecule has 132 valence electrons. The van der Waals surface area contributed by atoms with Crippen molar-refractivity contribution in [1.29, 1.82) is 0 Å². The van der Waals surface area contributed by atoms with Gasteiger partial charge in [0.1, 0.15) is 5.82 Å². The van der Waals surface area contributed by atoms with Crippen LogP contribution < -0.4 is 5.69 Å². The van der Waals surface area contributed by atoms with Crippen molar-refractivity contribution in [1.82, 2.24) is 14.5 Å². The molecule has 0 unspecified atom stereocenters. The first-order valence-electron chi connectivity index (χ1n) is 8.89. The van der Waals surface area contributed by atoms with E-state index in [1.807, 2.05) is 6.07 Å². The lowest BCUT2D eigenvalue weighted by Crippen LogP contribution is -2.48. The summed E-state index contributed by atoms with van der Waals surface area (Å²) >= 11 is 0. The second-order valence-corrected chi connectivity index (χ2v) is 7.22. The maximum absolute atomic E-state index is 13.0. The third-order valence-corrected chi connectivity index (χ3v) is 5.39. The Morgan fingerprint density at radius 2 is 1.81 bits per heavy atom. The molecule has 1 aliphatic carbocycles. The second-order valence-electron chi connectivity index (χ2n) is 7.22. The summed E-state index contributed by atoms with van der Waals surface area (Å²) < 4.78 is 14.8. The molecule has 1 saturated carbocycles. The molecule has 6 heteroatoms. The molecule has 2 fully saturated rings. The minimum Gasteiger partial charge on any atom is -0.337 e. The van der Waals surface area contributed by atoms with Crippen molar-refractivity contribution in [2.45, 2.75) is 24.8 Å². The van der Waals surface area contributed by atoms with Crippen LogP contribution in [0.25, 0.3) is 11.0 Å². The van der Waals surface area contributed by atoms with Crippen LogP contribution in [0.15, 0.2) is 47.3 Å². The van der Waals surface area contributed by atoms with Gasteiger partial charge in [0, 0.05) is 30.6 Å². The van der Waals surface area contributed by atoms with E-state index in [1.165, 1.54) is 12.1 Å². The van der Waals surface area contributed by atoms with Crippen LogP contribution in [-0.4, -0.2) is 33.4 Å². The third kappa shape index (κ3) is 2.44. The summed E-state index contributed by atoms with van der Waals surface area (Å²) in [5.74, 6) is -0.0363. The Morgan fingerprint density at radius 1 is 1.08 bits per heavy atom. The Balaban J connectivity index is 1.35. The largest absolute Gasteiger partial charge is 0.337 e. The van der Waals surface area contributed by atoms with Crippen molar-refractivity contribution in [2.24, 2.45) is 0 Å². The number of amides is 1. The van der Waals surface area contributed by atoms with Crippen molar-refractivity contribution >= 4 is 16.9 Å². The fourth-order valence-corrected chi connectivity index (χ4v) is 3.73. The molecule has 0 radical (unpaired) electrons. The van der Waals surface area contributed by atoms with Crippen LogP contribution in [0.5, 0.6) is 0 Å². The zero-order valence-corrected chi connectivity index (χ0v) is 14.1. The van der Waals surface area contributed by atoms with Gasteiger partial charge < -0.3 is 9.88 Å². The number of hydrogen-bond acceptors (Lipinski definition) is 2. The maximum Gasteiger partial charge on any atom is 0.326 e. The number of hydrogen-bond donors (Lipinski definition) is 1. The molecule has 1 aliphatic heterocycles. The second kappa shape index (κ2) is 5.56. The van der Waals surface area contributed by atoms with E-state index in [0.717, 1.165) is 23.9 Å². The number of rotatable bonds is 3. The predicted molar refractivity (Wildman–Crippen MR) is 95.9 cm³/mol. The normalized spacial score (nSPS) is 17.5. The van der Waals surface area contributed by atoms with Crippen molar-refractivity contribution in [3.8, 4) is 0 Å². The molecule has 0 bridgehead atoms. The Bertz CT molecular complexity index is 1060. The number of carbonyl (C=O) groups is 1. The molecule has 1 amide bonds. The fourth-order valence-electron chi connectivity index (χ4n) is 3.73. The standard InChI is InChI=1S/C20H18FN3O2/c21-15-4-1-12(2-5-15)14-10-23(11-14)19(25)13-3-8-18-17(9-13)22-20(26)24(18)16-6-7-16/h1-5,8-9,14,16H,6-7,10-11H2,(H,22,26). The first-order valence-corrected chi connectivity index (χ1v) is 8.89. The molecule has 2 aliphatic rings. The Hall–Kier alpha value is -2.89. The average Bonchev–Trinajstić information content (AvgIpc) is 3.36. The summed E-state index contributed by atoms with van der Waals surface area (Å²) in [5, 5.41) is 0. The predicted octanol–water partition coefficient (Wildman–Crippen LogP) is 3.04. The van der Waals surface area contributed by atoms with Gasteiger partial charge in [0.15, 0.2) is 0 Å². The Morgan fingerprint density at radius 3 is 2.50 bits per heavy atom. The minimum absolute atomic E-state index is 0.0368. The van der Waals surface area contributed by atoms with E-state index in [4.69, 9.17) is 0 Å². The number of halogens is 1. The number of likely N-dealkylation sites (tertiary alicyclic amines) is 1. The number of aromatic amines is 1. The van der Waals surface area contributed by atoms with E-state index in [9.17, 15) is 14.0 Å². The third-order valence-electron chi connectivity index (χ3n) is 5.39. The Labute approximate surface area is 149 Å². The van der Waals surface area contributed by atoms with Crippen molar-refractivity contribution in [3.05, 3.63) is 69.9 Å². The van der Waals surface area contributed by atoms with E-state index in [1.54, 1.807) is 33.7 Å². The molecule has 2 heterocycles. The number of benzene rings is 2. The van der Waals surface area contributed by atoms with Crippen LogP contribution >= 0.6 is 0 Å². The molecule has 2 aromatic carbocycles. The topological polar surface area (TPSA) is 58.1 Å². The van der Waals surface area contributed by atoms with Gasteiger partial charge in [-0.3, -0.25) is 9.36 Å². The number of fused-ring (bicyclic) bond motifs is 1. The summed E-state index contributed by atoms with van der Waals surface area (Å²) in [6, 6.07) is 12.2. The van der Waals surface area contributed by atoms with E-state index in [2.05, 4.69) is 4.98 Å². The highest BCUT2D eigenvalue weighted by Gasteiger charge is 2.33. The number of nitrogens with one attached hydrogen (secondary N) is 1. The summed E-state index contributed by atoms with van der Waals surface area (Å²) in [6.45, 7) is 1.25. The van der Waals surface area contributed by atoms with Crippen molar-refractivity contribution < 1.29 is 9.18 Å². The molecular weight excluding hydrogens is 333 g/mol. The molecule has 0 spiro atoms. The van der Waals surface area contributed by atoms with Crippen LogP contribution in [0.4, 0.5) is 4.39 Å². The first-order chi connectivity index (χ1) is 12.6. The van der Waals surface area contributed by atoms with Crippen LogP contribution in [0.2, 0.25) is 0 Å². The fraction of sp³-hybridized carbons (Fsp3) is 0.300. The van der Waals surface area contributed by atoms with Crippen molar-refractivity contribution in [3.63, 3.8) is 0 Å². The number of nitrogens with zero attached hydrogens (tertiary/aromatic N) is 2. The highest BCUT2D eigenvalue weighted by atomic mass is 19.1. The van der Waals surface area contributed by atoms with Crippen LogP contribution in [-0.2, 0) is 0 Å². The summed E-state index contributed by atoms with van der Waals surface area (Å²) in [4.78, 5) is 29.5. The van der Waals surface area contributed by atoms with Gasteiger partial charge in [-0.2, -0.15) is 0 Å². The molecule has 26 heavy (non-hydrogen) atoms. The van der Waals surface area contributed by atoms with Gasteiger partial charge in [0.2, 0.25) is 0 Å². The molecule has 0 atom stereocenters. The van der Waals surface area contributed by atoms with Crippen molar-refractivity contribution in [2.75, 3.05) is 13.1 Å². The first kappa shape index (κ1) is 15.4. The highest BCUT2D eigenvalue weighted by molar-refractivity contribution is 5.98. The van der Waals surface area contributed by atoms with E-state index >= 15 is 0 Å². The SMILES string of the molecule is O=C(c1ccc2c(c1)[nH]c(=O)n2C1CC1)N1CC(c2ccc(F)cc2)C1. The zero-order chi connectivity index (χ0) is 17.8. The highest BCUT2D eigenvalue weighted by Crippen LogP contribution is 2.36. The number of imidazole rings is 1. The van der Waals surface area contributed by atoms with Gasteiger partial charge in [-0.15, -0.1) is 0 Å². The summed E-state index contributed by atoms with van der Waals surface area (Å²) in [6.07, 6.45) is 2.07. The average molecular weight is 351 g/mol. The van der Waals surface area contributed by atoms with Gasteiger partial charge in [0.05, 0.1) is 11.0 Å². The quantitative estimate of drug-likeness (QED) is 0.788. The Kier molecular flexibility index (Phi) is 3.29. The molecule has 1 N–H and O–H groups in total. The molecule has 5 nitrogen and oxygen atoms in total. The van der Waals surface area contributed by atoms with Crippen LogP contribution in [0.1, 0.15) is 40.7 Å². The summed E-state index contributed by atoms with van der Waals surface area (Å²) in [5.41, 5.74) is 3.11. The molecule has 1 saturated heterocycles. The van der Waals surface area contributed by atoms with E-state index in [-0.39, 0.29) is 23.3 Å². The zero-order valence-electron chi connectivity index (χ0n) is 14.1. The summed E-state index contributed by atoms with van der Waals surface area (Å²) in [7, 11) is 0. The molecular formula is C20H18FN3O2. The molecule has 3 aromatic rings. The lowest BCUT2D eigenvalue weighted by atomic mass is 9.91.